The maximum absolute atomic E-state index is 12.8. The molecule has 0 spiro atoms. The number of anilines is 2. The molecule has 4 rings (SSSR count). The Morgan fingerprint density at radius 3 is 2.69 bits per heavy atom. The second-order valence-electron chi connectivity index (χ2n) is 6.19. The molecule has 29 heavy (non-hydrogen) atoms. The van der Waals surface area contributed by atoms with E-state index in [2.05, 4.69) is 20.0 Å². The Bertz CT molecular complexity index is 1230. The SMILES string of the molecule is CCc1c(Cl)nc2nc1Oc1cccc(c1)C(=O)Nc1cccc(c1)S(=O)(=O)N2. The molecule has 1 aromatic heterocycles. The Morgan fingerprint density at radius 1 is 1.10 bits per heavy atom. The Hall–Kier alpha value is -3.17. The van der Waals surface area contributed by atoms with Crippen LogP contribution in [0.2, 0.25) is 5.15 Å². The van der Waals surface area contributed by atoms with Gasteiger partial charge in [-0.05, 0) is 42.8 Å². The first-order valence-electron chi connectivity index (χ1n) is 8.64. The molecule has 6 bridgehead atoms. The number of hydrogen-bond donors (Lipinski definition) is 2. The summed E-state index contributed by atoms with van der Waals surface area (Å²) in [6, 6.07) is 12.4. The van der Waals surface area contributed by atoms with Crippen LogP contribution in [-0.4, -0.2) is 24.3 Å². The molecule has 0 saturated heterocycles. The summed E-state index contributed by atoms with van der Waals surface area (Å²) in [4.78, 5) is 20.8. The summed E-state index contributed by atoms with van der Waals surface area (Å²) in [7, 11) is -4.02. The number of aromatic nitrogens is 2. The minimum Gasteiger partial charge on any atom is -0.438 e. The Kier molecular flexibility index (Phi) is 4.85. The molecule has 0 saturated carbocycles. The topological polar surface area (TPSA) is 110 Å². The summed E-state index contributed by atoms with van der Waals surface area (Å²) in [6.45, 7) is 1.84. The summed E-state index contributed by atoms with van der Waals surface area (Å²) in [5.74, 6) is -0.174. The van der Waals surface area contributed by atoms with Gasteiger partial charge in [0, 0.05) is 11.3 Å². The second-order valence-corrected chi connectivity index (χ2v) is 8.23. The van der Waals surface area contributed by atoms with Crippen molar-refractivity contribution in [3.05, 3.63) is 64.8 Å². The third-order valence-electron chi connectivity index (χ3n) is 4.21. The predicted molar refractivity (Wildman–Crippen MR) is 108 cm³/mol. The highest BCUT2D eigenvalue weighted by atomic mass is 35.5. The number of benzene rings is 2. The lowest BCUT2D eigenvalue weighted by atomic mass is 10.2. The monoisotopic (exact) mass is 430 g/mol. The number of halogens is 1. The highest BCUT2D eigenvalue weighted by Crippen LogP contribution is 2.31. The largest absolute Gasteiger partial charge is 0.438 e. The van der Waals surface area contributed by atoms with Crippen LogP contribution >= 0.6 is 11.6 Å². The first-order valence-corrected chi connectivity index (χ1v) is 10.5. The molecule has 0 aliphatic carbocycles. The van der Waals surface area contributed by atoms with Crippen molar-refractivity contribution in [1.82, 2.24) is 9.97 Å². The Morgan fingerprint density at radius 2 is 1.90 bits per heavy atom. The Balaban J connectivity index is 1.93. The molecule has 148 valence electrons. The number of hydrogen-bond acceptors (Lipinski definition) is 6. The van der Waals surface area contributed by atoms with E-state index in [0.29, 0.717) is 29.0 Å². The maximum atomic E-state index is 12.8. The van der Waals surface area contributed by atoms with Crippen molar-refractivity contribution in [2.75, 3.05) is 10.0 Å². The zero-order chi connectivity index (χ0) is 20.6. The number of carbonyl (C=O) groups is 1. The molecule has 1 aliphatic heterocycles. The van der Waals surface area contributed by atoms with Crippen molar-refractivity contribution in [2.45, 2.75) is 18.2 Å². The normalized spacial score (nSPS) is 14.8. The van der Waals surface area contributed by atoms with Gasteiger partial charge in [-0.3, -0.25) is 4.79 Å². The maximum Gasteiger partial charge on any atom is 0.264 e. The van der Waals surface area contributed by atoms with Crippen molar-refractivity contribution in [2.24, 2.45) is 0 Å². The molecule has 8 nitrogen and oxygen atoms in total. The fourth-order valence-electron chi connectivity index (χ4n) is 2.80. The quantitative estimate of drug-likeness (QED) is 0.567. The lowest BCUT2D eigenvalue weighted by molar-refractivity contribution is 0.102. The molecule has 0 atom stereocenters. The minimum atomic E-state index is -4.02. The molecule has 3 aromatic rings. The van der Waals surface area contributed by atoms with Gasteiger partial charge >= 0.3 is 0 Å². The third kappa shape index (κ3) is 3.87. The lowest BCUT2D eigenvalue weighted by Crippen LogP contribution is -2.17. The second kappa shape index (κ2) is 7.34. The minimum absolute atomic E-state index is 0.0668. The van der Waals surface area contributed by atoms with Crippen LogP contribution in [0.3, 0.4) is 0 Å². The van der Waals surface area contributed by atoms with Gasteiger partial charge in [-0.15, -0.1) is 0 Å². The zero-order valence-corrected chi connectivity index (χ0v) is 16.7. The average Bonchev–Trinajstić information content (AvgIpc) is 2.67. The number of nitrogens with zero attached hydrogens (tertiary/aromatic N) is 2. The van der Waals surface area contributed by atoms with Gasteiger partial charge in [0.15, 0.2) is 0 Å². The van der Waals surface area contributed by atoms with Gasteiger partial charge in [-0.1, -0.05) is 30.7 Å². The van der Waals surface area contributed by atoms with E-state index in [1.165, 1.54) is 18.2 Å². The van der Waals surface area contributed by atoms with Crippen LogP contribution in [0.1, 0.15) is 22.8 Å². The molecular weight excluding hydrogens is 416 g/mol. The van der Waals surface area contributed by atoms with E-state index in [9.17, 15) is 13.2 Å². The van der Waals surface area contributed by atoms with Crippen LogP contribution in [0.25, 0.3) is 0 Å². The van der Waals surface area contributed by atoms with Gasteiger partial charge in [0.25, 0.3) is 15.9 Å². The van der Waals surface area contributed by atoms with Crippen LogP contribution < -0.4 is 14.8 Å². The van der Waals surface area contributed by atoms with Gasteiger partial charge in [0.1, 0.15) is 10.9 Å². The lowest BCUT2D eigenvalue weighted by Gasteiger charge is -2.15. The van der Waals surface area contributed by atoms with Crippen molar-refractivity contribution in [3.63, 3.8) is 0 Å². The highest BCUT2D eigenvalue weighted by molar-refractivity contribution is 7.92. The summed E-state index contributed by atoms with van der Waals surface area (Å²) in [6.07, 6.45) is 0.462. The molecule has 0 unspecified atom stereocenters. The van der Waals surface area contributed by atoms with E-state index in [1.807, 2.05) is 6.92 Å². The fourth-order valence-corrected chi connectivity index (χ4v) is 4.08. The number of carbonyl (C=O) groups excluding carboxylic acids is 1. The molecule has 2 aromatic carbocycles. The van der Waals surface area contributed by atoms with Gasteiger partial charge in [-0.25, -0.2) is 13.1 Å². The third-order valence-corrected chi connectivity index (χ3v) is 5.85. The van der Waals surface area contributed by atoms with E-state index in [1.54, 1.807) is 30.3 Å². The van der Waals surface area contributed by atoms with Crippen LogP contribution in [0.4, 0.5) is 11.6 Å². The van der Waals surface area contributed by atoms with Gasteiger partial charge in [-0.2, -0.15) is 9.97 Å². The van der Waals surface area contributed by atoms with Gasteiger partial charge in [0.05, 0.1) is 10.5 Å². The summed E-state index contributed by atoms with van der Waals surface area (Å²) in [5, 5.41) is 2.76. The molecule has 0 fully saturated rings. The molecule has 2 N–H and O–H groups in total. The Labute approximate surface area is 172 Å². The van der Waals surface area contributed by atoms with Gasteiger partial charge in [0.2, 0.25) is 11.8 Å². The van der Waals surface area contributed by atoms with E-state index in [0.717, 1.165) is 0 Å². The predicted octanol–water partition coefficient (Wildman–Crippen LogP) is 3.85. The zero-order valence-electron chi connectivity index (χ0n) is 15.1. The molecule has 2 heterocycles. The van der Waals surface area contributed by atoms with E-state index >= 15 is 0 Å². The van der Waals surface area contributed by atoms with E-state index in [-0.39, 0.29) is 21.9 Å². The molecule has 10 heteroatoms. The summed E-state index contributed by atoms with van der Waals surface area (Å²) in [5.41, 5.74) is 1.17. The van der Waals surface area contributed by atoms with Crippen molar-refractivity contribution >= 4 is 39.2 Å². The standard InChI is InChI=1S/C19H15ClN4O4S/c1-2-15-16(20)22-19-23-18(15)28-13-7-3-5-11(9-13)17(25)21-12-6-4-8-14(10-12)29(26,27)24-19/h3-10H,2H2,1H3,(H,21,25)(H,22,23,24). The number of ether oxygens (including phenoxy) is 1. The first kappa shape index (κ1) is 19.2. The highest BCUT2D eigenvalue weighted by Gasteiger charge is 2.21. The molecule has 0 radical (unpaired) electrons. The fraction of sp³-hybridized carbons (Fsp3) is 0.105. The van der Waals surface area contributed by atoms with Crippen LogP contribution in [0.5, 0.6) is 11.6 Å². The molecule has 1 aliphatic rings. The first-order chi connectivity index (χ1) is 13.9. The van der Waals surface area contributed by atoms with E-state index in [4.69, 9.17) is 16.3 Å². The number of rotatable bonds is 1. The van der Waals surface area contributed by atoms with Crippen LogP contribution in [-0.2, 0) is 16.4 Å². The van der Waals surface area contributed by atoms with Crippen molar-refractivity contribution in [3.8, 4) is 11.6 Å². The smallest absolute Gasteiger partial charge is 0.264 e. The number of amides is 1. The average molecular weight is 431 g/mol. The molecular formula is C19H15ClN4O4S. The van der Waals surface area contributed by atoms with Gasteiger partial charge < -0.3 is 10.1 Å². The van der Waals surface area contributed by atoms with Crippen LogP contribution in [0, 0.1) is 0 Å². The number of fused-ring (bicyclic) bond motifs is 6. The molecule has 1 amide bonds. The van der Waals surface area contributed by atoms with Crippen molar-refractivity contribution < 1.29 is 17.9 Å². The summed E-state index contributed by atoms with van der Waals surface area (Å²) >= 11 is 6.24. The summed E-state index contributed by atoms with van der Waals surface area (Å²) < 4.78 is 33.7. The number of sulfonamides is 1. The van der Waals surface area contributed by atoms with E-state index < -0.39 is 15.9 Å². The number of nitrogens with one attached hydrogen (secondary N) is 2. The van der Waals surface area contributed by atoms with Crippen molar-refractivity contribution in [1.29, 1.82) is 0 Å². The van der Waals surface area contributed by atoms with Crippen LogP contribution in [0.15, 0.2) is 53.4 Å².